The second-order valence-electron chi connectivity index (χ2n) is 0.447. The molecule has 0 saturated carbocycles. The van der Waals surface area contributed by atoms with Crippen LogP contribution in [-0.2, 0) is 4.57 Å². The molecule has 56 valence electrons. The van der Waals surface area contributed by atoms with Crippen LogP contribution in [0.1, 0.15) is 0 Å². The third kappa shape index (κ3) is 157. The maximum absolute atomic E-state index is 8.55. The van der Waals surface area contributed by atoms with Gasteiger partial charge in [0.15, 0.2) is 0 Å². The molecule has 0 radical (unpaired) electrons. The molecule has 0 aromatic heterocycles. The summed E-state index contributed by atoms with van der Waals surface area (Å²) < 4.78 is 8.55. The van der Waals surface area contributed by atoms with E-state index in [0.717, 1.165) is 0 Å². The van der Waals surface area contributed by atoms with Crippen molar-refractivity contribution >= 4 is 77.0 Å². The largest absolute Gasteiger partial charge is 2.00 e. The van der Waals surface area contributed by atoms with Crippen LogP contribution in [0, 0.1) is 0 Å². The van der Waals surface area contributed by atoms with Crippen LogP contribution in [0.5, 0.6) is 0 Å². The average molecular weight is 274 g/mol. The van der Waals surface area contributed by atoms with Crippen LogP contribution in [0.2, 0.25) is 0 Å². The second kappa shape index (κ2) is 23.3. The van der Waals surface area contributed by atoms with E-state index in [9.17, 15) is 0 Å². The summed E-state index contributed by atoms with van der Waals surface area (Å²) in [5.74, 6) is 0. The Kier molecular flexibility index (Phi) is 100. The zero-order valence-corrected chi connectivity index (χ0v) is 12.7. The Bertz CT molecular complexity index is 66.7. The molecule has 0 fully saturated rings. The van der Waals surface area contributed by atoms with E-state index in [4.69, 9.17) is 19.2 Å². The Balaban J connectivity index is -0.00000000533. The first kappa shape index (κ1) is 47.5. The maximum atomic E-state index is 8.55. The molecule has 0 aliphatic rings. The molecule has 0 N–H and O–H groups in total. The van der Waals surface area contributed by atoms with Gasteiger partial charge in [0.25, 0.3) is 0 Å². The van der Waals surface area contributed by atoms with Crippen LogP contribution >= 0.6 is 7.82 Å². The predicted molar refractivity (Wildman–Crippen MR) is 24.9 cm³/mol. The van der Waals surface area contributed by atoms with Gasteiger partial charge in [-0.05, 0) is 0 Å². The third-order valence-corrected chi connectivity index (χ3v) is 0. The molecule has 0 bridgehead atoms. The summed E-state index contributed by atoms with van der Waals surface area (Å²) >= 11 is 0. The molecule has 0 amide bonds. The fourth-order valence-electron chi connectivity index (χ4n) is 0. The number of rotatable bonds is 0. The topological polar surface area (TPSA) is 86.2 Å². The van der Waals surface area contributed by atoms with Crippen molar-refractivity contribution in [3.63, 3.8) is 0 Å². The zero-order chi connectivity index (χ0) is 4.50. The van der Waals surface area contributed by atoms with Gasteiger partial charge in [0, 0.05) is 0 Å². The van der Waals surface area contributed by atoms with Crippen molar-refractivity contribution in [2.45, 2.75) is 0 Å². The fourth-order valence-corrected chi connectivity index (χ4v) is 0. The summed E-state index contributed by atoms with van der Waals surface area (Å²) in [4.78, 5) is 25.6. The van der Waals surface area contributed by atoms with Crippen molar-refractivity contribution < 1.29 is 56.5 Å². The first-order valence-electron chi connectivity index (χ1n) is 0.730. The van der Waals surface area contributed by atoms with Gasteiger partial charge in [0.1, 0.15) is 0 Å². The number of hydrogen-bond acceptors (Lipinski definition) is 4. The molecule has 0 heterocycles. The standard InChI is InChI=1S/3ClH.3Mg.H3O4P/c;;;;;;1-5(2,3)4/h3*1H;;;;(H3,1,2,3,4)/q;;;3*+2;/p-6. The van der Waals surface area contributed by atoms with Gasteiger partial charge in [-0.2, -0.15) is 7.82 Å². The summed E-state index contributed by atoms with van der Waals surface area (Å²) in [7, 11) is -5.39. The van der Waals surface area contributed by atoms with E-state index in [1.807, 2.05) is 0 Å². The van der Waals surface area contributed by atoms with E-state index in [-0.39, 0.29) is 106 Å². The molecule has 0 rings (SSSR count). The van der Waals surface area contributed by atoms with Crippen molar-refractivity contribution in [3.05, 3.63) is 0 Å². The normalized spacial score (nSPS) is 5.36. The van der Waals surface area contributed by atoms with E-state index in [1.54, 1.807) is 0 Å². The molecule has 0 aromatic carbocycles. The molecular weight excluding hydrogens is 274 g/mol. The molecule has 0 aromatic rings. The molecule has 0 saturated heterocycles. The van der Waals surface area contributed by atoms with Gasteiger partial charge in [0.05, 0.1) is 0 Å². The van der Waals surface area contributed by atoms with E-state index in [1.165, 1.54) is 0 Å². The van der Waals surface area contributed by atoms with Crippen molar-refractivity contribution in [2.75, 3.05) is 0 Å². The fraction of sp³-hybridized carbons (Fsp3) is 0. The van der Waals surface area contributed by atoms with Gasteiger partial charge in [-0.1, -0.05) is 0 Å². The molecule has 11 heteroatoms. The van der Waals surface area contributed by atoms with Crippen LogP contribution in [0.25, 0.3) is 0 Å². The third-order valence-electron chi connectivity index (χ3n) is 0. The van der Waals surface area contributed by atoms with Crippen LogP contribution in [-0.4, -0.2) is 69.2 Å². The zero-order valence-electron chi connectivity index (χ0n) is 5.34. The molecular formula is Cl3Mg3O4P. The molecule has 0 unspecified atom stereocenters. The first-order valence-corrected chi connectivity index (χ1v) is 2.19. The Morgan fingerprint density at radius 2 is 0.727 bits per heavy atom. The summed E-state index contributed by atoms with van der Waals surface area (Å²) in [6.45, 7) is 0. The van der Waals surface area contributed by atoms with Gasteiger partial charge in [0.2, 0.25) is 0 Å². The quantitative estimate of drug-likeness (QED) is 0.324. The SMILES string of the molecule is O=P([O-])([O-])[O-].[Cl-].[Cl-].[Cl-].[Mg+2].[Mg+2].[Mg+2]. The van der Waals surface area contributed by atoms with Gasteiger partial charge in [-0.3, -0.25) is 0 Å². The van der Waals surface area contributed by atoms with E-state index in [0.29, 0.717) is 0 Å². The summed E-state index contributed by atoms with van der Waals surface area (Å²) in [5.41, 5.74) is 0. The Morgan fingerprint density at radius 1 is 0.727 bits per heavy atom. The molecule has 0 atom stereocenters. The van der Waals surface area contributed by atoms with E-state index < -0.39 is 7.82 Å². The minimum absolute atomic E-state index is 0. The Hall–Kier alpha value is 3.28. The molecule has 11 heavy (non-hydrogen) atoms. The summed E-state index contributed by atoms with van der Waals surface area (Å²) in [5, 5.41) is 0. The minimum Gasteiger partial charge on any atom is -1.00 e. The molecule has 0 aliphatic carbocycles. The van der Waals surface area contributed by atoms with E-state index in [2.05, 4.69) is 0 Å². The van der Waals surface area contributed by atoms with Crippen LogP contribution in [0.15, 0.2) is 0 Å². The van der Waals surface area contributed by atoms with Gasteiger partial charge in [-0.25, -0.2) is 0 Å². The van der Waals surface area contributed by atoms with Crippen LogP contribution in [0.3, 0.4) is 0 Å². The van der Waals surface area contributed by atoms with Crippen molar-refractivity contribution in [1.29, 1.82) is 0 Å². The number of phosphoric acid groups is 1. The van der Waals surface area contributed by atoms with Gasteiger partial charge < -0.3 is 56.5 Å². The smallest absolute Gasteiger partial charge is 1.00 e. The van der Waals surface area contributed by atoms with E-state index >= 15 is 0 Å². The molecule has 4 nitrogen and oxygen atoms in total. The summed E-state index contributed by atoms with van der Waals surface area (Å²) in [6.07, 6.45) is 0. The van der Waals surface area contributed by atoms with Gasteiger partial charge in [-0.15, -0.1) is 0 Å². The molecule has 0 aliphatic heterocycles. The first-order chi connectivity index (χ1) is 2.00. The van der Waals surface area contributed by atoms with Gasteiger partial charge >= 0.3 is 69.2 Å². The average Bonchev–Trinajstić information content (AvgIpc) is 0.722. The van der Waals surface area contributed by atoms with Crippen LogP contribution < -0.4 is 51.9 Å². The van der Waals surface area contributed by atoms with Crippen molar-refractivity contribution in [1.82, 2.24) is 0 Å². The minimum atomic E-state index is -5.39. The monoisotopic (exact) mass is 272 g/mol. The second-order valence-corrected chi connectivity index (χ2v) is 1.34. The number of halogens is 3. The predicted octanol–water partition coefficient (Wildman–Crippen LogP) is -13.0. The molecule has 0 spiro atoms. The number of hydrogen-bond donors (Lipinski definition) is 0. The van der Waals surface area contributed by atoms with Crippen molar-refractivity contribution in [2.24, 2.45) is 0 Å². The van der Waals surface area contributed by atoms with Crippen molar-refractivity contribution in [3.8, 4) is 0 Å². The van der Waals surface area contributed by atoms with Crippen LogP contribution in [0.4, 0.5) is 0 Å². The Labute approximate surface area is 132 Å². The maximum Gasteiger partial charge on any atom is 2.00 e. The summed E-state index contributed by atoms with van der Waals surface area (Å²) in [6, 6.07) is 0. The Morgan fingerprint density at radius 3 is 0.727 bits per heavy atom.